The van der Waals surface area contributed by atoms with Gasteiger partial charge in [0, 0.05) is 32.1 Å². The molecule has 1 fully saturated rings. The largest absolute Gasteiger partial charge is 0.490 e. The fraction of sp³-hybridized carbons (Fsp3) is 0.855. The van der Waals surface area contributed by atoms with Gasteiger partial charge in [-0.1, -0.05) is 135 Å². The van der Waals surface area contributed by atoms with E-state index in [-0.39, 0.29) is 132 Å². The molecular formula is C62H72F39NO7. The van der Waals surface area contributed by atoms with E-state index in [2.05, 4.69) is 0 Å². The predicted molar refractivity (Wildman–Crippen MR) is 300 cm³/mol. The number of ether oxygens (including phenoxy) is 3. The summed E-state index contributed by atoms with van der Waals surface area (Å²) < 4.78 is 543. The van der Waals surface area contributed by atoms with Crippen LogP contribution in [0, 0.1) is 0 Å². The van der Waals surface area contributed by atoms with E-state index in [0.717, 1.165) is 12.1 Å². The van der Waals surface area contributed by atoms with Crippen LogP contribution in [0.4, 0.5) is 171 Å². The Morgan fingerprint density at radius 2 is 0.459 bits per heavy atom. The summed E-state index contributed by atoms with van der Waals surface area (Å²) in [5, 5.41) is 0.169. The van der Waals surface area contributed by atoms with E-state index in [9.17, 15) is 186 Å². The second-order valence-corrected chi connectivity index (χ2v) is 25.6. The van der Waals surface area contributed by atoms with Gasteiger partial charge < -0.3 is 19.0 Å². The molecule has 1 aromatic carbocycles. The Morgan fingerprint density at radius 1 is 0.266 bits per heavy atom. The lowest BCUT2D eigenvalue weighted by atomic mass is 9.91. The molecule has 47 heteroatoms. The van der Waals surface area contributed by atoms with E-state index in [1.165, 1.54) is 0 Å². The van der Waals surface area contributed by atoms with Gasteiger partial charge in [0.15, 0.2) is 11.5 Å². The molecule has 2 rings (SSSR count). The quantitative estimate of drug-likeness (QED) is 0.0364. The Balaban J connectivity index is 2.17. The number of amides is 2. The average Bonchev–Trinajstić information content (AvgIpc) is 0.737. The number of benzene rings is 1. The molecule has 0 N–H and O–H groups in total. The second-order valence-electron chi connectivity index (χ2n) is 25.6. The third-order valence-electron chi connectivity index (χ3n) is 17.1. The summed E-state index contributed by atoms with van der Waals surface area (Å²) in [7, 11) is 0. The molecule has 0 atom stereocenters. The number of hydrogen-bond donors (Lipinski definition) is 0. The van der Waals surface area contributed by atoms with E-state index >= 15 is 0 Å². The number of alkyl halides is 39. The highest BCUT2D eigenvalue weighted by Gasteiger charge is 2.93. The number of halogens is 39. The van der Waals surface area contributed by atoms with Gasteiger partial charge in [-0.15, -0.1) is 5.06 Å². The number of unbranched alkanes of at least 4 members (excludes halogenated alkanes) is 24. The Kier molecular flexibility index (Phi) is 34.4. The van der Waals surface area contributed by atoms with Gasteiger partial charge in [-0.25, -0.2) is 4.79 Å². The van der Waals surface area contributed by atoms with E-state index in [1.807, 2.05) is 0 Å². The smallest absolute Gasteiger partial charge is 0.460 e. The molecule has 1 aliphatic rings. The van der Waals surface area contributed by atoms with Gasteiger partial charge in [0.2, 0.25) is 5.75 Å². The lowest BCUT2D eigenvalue weighted by molar-refractivity contribution is -0.440. The van der Waals surface area contributed by atoms with Crippen molar-refractivity contribution in [1.29, 1.82) is 0 Å². The van der Waals surface area contributed by atoms with Crippen molar-refractivity contribution in [3.05, 3.63) is 17.7 Å². The lowest BCUT2D eigenvalue weighted by Gasteiger charge is -2.39. The van der Waals surface area contributed by atoms with Crippen LogP contribution in [0.5, 0.6) is 17.2 Å². The Bertz CT molecular complexity index is 2870. The molecular weight excluding hydrogens is 1610 g/mol. The summed E-state index contributed by atoms with van der Waals surface area (Å²) in [6, 6.07) is 2.07. The van der Waals surface area contributed by atoms with Crippen molar-refractivity contribution in [2.45, 2.75) is 313 Å². The van der Waals surface area contributed by atoms with E-state index in [0.29, 0.717) is 57.8 Å². The average molecular weight is 1680 g/mol. The van der Waals surface area contributed by atoms with Crippen LogP contribution in [0.1, 0.15) is 216 Å². The van der Waals surface area contributed by atoms with E-state index in [4.69, 9.17) is 19.0 Å². The summed E-state index contributed by atoms with van der Waals surface area (Å²) in [5.41, 5.74) is -0.445. The lowest BCUT2D eigenvalue weighted by Crippen LogP contribution is -2.70. The molecule has 0 bridgehead atoms. The Labute approximate surface area is 594 Å². The number of carbonyl (C=O) groups is 3. The first-order valence-corrected chi connectivity index (χ1v) is 33.2. The van der Waals surface area contributed by atoms with Gasteiger partial charge in [0.25, 0.3) is 11.8 Å². The van der Waals surface area contributed by atoms with Crippen molar-refractivity contribution >= 4 is 17.8 Å². The van der Waals surface area contributed by atoms with Crippen LogP contribution < -0.4 is 14.2 Å². The zero-order valence-electron chi connectivity index (χ0n) is 56.4. The molecule has 1 saturated heterocycles. The minimum atomic E-state index is -8.04. The molecule has 8 nitrogen and oxygen atoms in total. The first-order valence-electron chi connectivity index (χ1n) is 33.2. The van der Waals surface area contributed by atoms with Gasteiger partial charge in [0.1, 0.15) is 0 Å². The maximum atomic E-state index is 14.2. The summed E-state index contributed by atoms with van der Waals surface area (Å²) in [6.07, 6.45) is -30.9. The van der Waals surface area contributed by atoms with Crippen molar-refractivity contribution in [2.24, 2.45) is 0 Å². The topological polar surface area (TPSA) is 91.4 Å². The van der Waals surface area contributed by atoms with E-state index in [1.54, 1.807) is 0 Å². The fourth-order valence-electron chi connectivity index (χ4n) is 10.3. The molecule has 0 aliphatic carbocycles. The normalized spacial score (nSPS) is 15.4. The molecule has 2 amide bonds. The van der Waals surface area contributed by atoms with Crippen LogP contribution >= 0.6 is 0 Å². The van der Waals surface area contributed by atoms with Crippen molar-refractivity contribution in [3.63, 3.8) is 0 Å². The zero-order chi connectivity index (χ0) is 84.6. The summed E-state index contributed by atoms with van der Waals surface area (Å²) in [6.45, 7) is -0.669. The first-order chi connectivity index (χ1) is 49.2. The highest BCUT2D eigenvalue weighted by Crippen LogP contribution is 2.64. The molecule has 1 aliphatic heterocycles. The molecule has 0 unspecified atom stereocenters. The molecule has 1 aromatic rings. The maximum absolute atomic E-state index is 14.2. The van der Waals surface area contributed by atoms with Gasteiger partial charge in [-0.2, -0.15) is 171 Å². The van der Waals surface area contributed by atoms with Crippen LogP contribution in [0.25, 0.3) is 0 Å². The first kappa shape index (κ1) is 99.6. The third-order valence-corrected chi connectivity index (χ3v) is 17.1. The van der Waals surface area contributed by atoms with Crippen LogP contribution in [-0.4, -0.2) is 150 Å². The molecule has 0 spiro atoms. The maximum Gasteiger partial charge on any atom is 0.460 e. The number of hydrogen-bond acceptors (Lipinski definition) is 7. The van der Waals surface area contributed by atoms with Gasteiger partial charge >= 0.3 is 113 Å². The summed E-state index contributed by atoms with van der Waals surface area (Å²) in [5.74, 6) is -116. The number of hydroxylamine groups is 2. The third kappa shape index (κ3) is 22.5. The van der Waals surface area contributed by atoms with Crippen molar-refractivity contribution in [3.8, 4) is 17.2 Å². The fourth-order valence-corrected chi connectivity index (χ4v) is 10.3. The number of nitrogens with zero attached hydrogens (tertiary/aromatic N) is 1. The molecule has 109 heavy (non-hydrogen) atoms. The Hall–Kier alpha value is -5.50. The van der Waals surface area contributed by atoms with Gasteiger partial charge in [-0.3, -0.25) is 9.59 Å². The Morgan fingerprint density at radius 3 is 0.679 bits per heavy atom. The molecule has 640 valence electrons. The van der Waals surface area contributed by atoms with Gasteiger partial charge in [0.05, 0.1) is 25.4 Å². The monoisotopic (exact) mass is 1680 g/mol. The van der Waals surface area contributed by atoms with Crippen LogP contribution in [-0.2, 0) is 14.4 Å². The van der Waals surface area contributed by atoms with Gasteiger partial charge in [-0.05, 0) is 50.7 Å². The minimum absolute atomic E-state index is 0.105. The SMILES string of the molecule is O=C(ON1C(=O)CCC1=O)c1cc(OCCCCCCCCCCCC(F)(F)C(F)(F)C(F)(F)C(F)(F)C(F)(F)C(F)(F)F)c(OCCCCCCCCCCCC(F)(F)C(F)(F)C(F)(F)C(F)(F)C(F)(F)C(F)(F)F)c(OCCCCCCCCCCCC(F)(F)C(F)(F)C(F)(F)C(F)(F)C(F)(F)C(F)(F)F)c1. The van der Waals surface area contributed by atoms with Crippen molar-refractivity contribution in [2.75, 3.05) is 19.8 Å². The summed E-state index contributed by atoms with van der Waals surface area (Å²) >= 11 is 0. The highest BCUT2D eigenvalue weighted by molar-refractivity contribution is 6.03. The van der Waals surface area contributed by atoms with Crippen LogP contribution in [0.3, 0.4) is 0 Å². The van der Waals surface area contributed by atoms with Crippen LogP contribution in [0.2, 0.25) is 0 Å². The number of carbonyl (C=O) groups excluding carboxylic acids is 3. The minimum Gasteiger partial charge on any atom is -0.490 e. The second kappa shape index (κ2) is 37.6. The standard InChI is InChI=1S/C62H72F39NO7/c63-45(64,48(69,70)51(75,76)54(81,82)57(87,88)60(93,94)95)30-22-16-10-4-1-7-13-19-25-33-106-39-36-38(44(105)109-102-41(103)28-29-42(102)104)37-40(107-34-26-20-14-8-2-5-11-17-23-31-46(65,66)49(71,72)52(77,78)55(83,84)58(89,90)61(96,97)98)43(39)108-35-27-21-15-9-3-6-12-18-24-32-47(67,68)50(73,74)53(79,80)56(85,86)59(91,92)62(99,100)101/h36-37H,1-35H2. The molecule has 0 aromatic heterocycles. The molecule has 1 heterocycles. The summed E-state index contributed by atoms with van der Waals surface area (Å²) in [4.78, 5) is 43.2. The van der Waals surface area contributed by atoms with Crippen molar-refractivity contribution < 1.29 is 205 Å². The van der Waals surface area contributed by atoms with Crippen molar-refractivity contribution in [1.82, 2.24) is 5.06 Å². The van der Waals surface area contributed by atoms with Crippen LogP contribution in [0.15, 0.2) is 12.1 Å². The van der Waals surface area contributed by atoms with E-state index < -0.39 is 189 Å². The number of rotatable bonds is 53. The molecule has 0 saturated carbocycles. The zero-order valence-corrected chi connectivity index (χ0v) is 56.4. The molecule has 0 radical (unpaired) electrons. The predicted octanol–water partition coefficient (Wildman–Crippen LogP) is 25.0. The number of imide groups is 1. The highest BCUT2D eigenvalue weighted by atomic mass is 19.5.